The Labute approximate surface area is 230 Å². The Bertz CT molecular complexity index is 1340. The Morgan fingerprint density at radius 2 is 2.08 bits per heavy atom. The number of allylic oxidation sites excluding steroid dienone is 2. The van der Waals surface area contributed by atoms with Crippen molar-refractivity contribution in [2.45, 2.75) is 12.3 Å². The summed E-state index contributed by atoms with van der Waals surface area (Å²) in [7, 11) is 9.63. The smallest absolute Gasteiger partial charge is 0.227 e. The number of likely N-dealkylation sites (N-methyl/N-ethyl adjacent to an activating group) is 3. The lowest BCUT2D eigenvalue weighted by molar-refractivity contribution is 0.253. The van der Waals surface area contributed by atoms with E-state index in [1.165, 1.54) is 6.08 Å². The minimum absolute atomic E-state index is 0.0219. The zero-order chi connectivity index (χ0) is 28.1. The predicted molar refractivity (Wildman–Crippen MR) is 156 cm³/mol. The third-order valence-electron chi connectivity index (χ3n) is 6.81. The van der Waals surface area contributed by atoms with Crippen LogP contribution in [-0.4, -0.2) is 85.5 Å². The Morgan fingerprint density at radius 3 is 2.77 bits per heavy atom. The van der Waals surface area contributed by atoms with E-state index in [0.717, 1.165) is 24.4 Å². The number of methoxy groups -OCH3 is 1. The van der Waals surface area contributed by atoms with Crippen LogP contribution in [0.2, 0.25) is 0 Å². The largest absolute Gasteiger partial charge is 0.494 e. The Balaban J connectivity index is 1.66. The molecule has 204 valence electrons. The van der Waals surface area contributed by atoms with Gasteiger partial charge in [-0.3, -0.25) is 0 Å². The van der Waals surface area contributed by atoms with Gasteiger partial charge < -0.3 is 35.2 Å². The van der Waals surface area contributed by atoms with Gasteiger partial charge in [0.05, 0.1) is 47.6 Å². The molecule has 2 heterocycles. The number of aliphatic hydroxyl groups excluding tert-OH is 1. The van der Waals surface area contributed by atoms with Crippen LogP contribution in [-0.2, 0) is 0 Å². The van der Waals surface area contributed by atoms with E-state index in [2.05, 4.69) is 55.1 Å². The zero-order valence-electron chi connectivity index (χ0n) is 23.1. The van der Waals surface area contributed by atoms with E-state index in [1.807, 2.05) is 58.7 Å². The van der Waals surface area contributed by atoms with Crippen LogP contribution in [0.4, 0.5) is 23.0 Å². The first-order valence-corrected chi connectivity index (χ1v) is 12.7. The van der Waals surface area contributed by atoms with Gasteiger partial charge in [-0.25, -0.2) is 9.97 Å². The average molecular weight is 529 g/mol. The zero-order valence-corrected chi connectivity index (χ0v) is 23.1. The molecule has 0 amide bonds. The van der Waals surface area contributed by atoms with E-state index < -0.39 is 6.23 Å². The predicted octanol–water partition coefficient (Wildman–Crippen LogP) is 3.43. The van der Waals surface area contributed by atoms with E-state index >= 15 is 0 Å². The molecule has 2 aliphatic rings. The molecule has 10 heteroatoms. The van der Waals surface area contributed by atoms with Crippen molar-refractivity contribution in [3.8, 4) is 11.8 Å². The number of aliphatic hydroxyl groups is 1. The second kappa shape index (κ2) is 12.0. The molecule has 0 bridgehead atoms. The molecule has 0 saturated carbocycles. The van der Waals surface area contributed by atoms with Crippen molar-refractivity contribution in [2.24, 2.45) is 5.92 Å². The molecule has 3 unspecified atom stereocenters. The highest BCUT2D eigenvalue weighted by Crippen LogP contribution is 2.39. The number of rotatable bonds is 11. The van der Waals surface area contributed by atoms with E-state index in [9.17, 15) is 10.4 Å². The van der Waals surface area contributed by atoms with Crippen molar-refractivity contribution in [3.63, 3.8) is 0 Å². The van der Waals surface area contributed by atoms with Crippen molar-refractivity contribution >= 4 is 28.6 Å². The number of nitrogens with zero attached hydrogens (tertiary/aromatic N) is 6. The molecule has 3 atom stereocenters. The molecule has 0 spiro atoms. The second-order valence-corrected chi connectivity index (χ2v) is 9.87. The topological polar surface area (TPSA) is 113 Å². The summed E-state index contributed by atoms with van der Waals surface area (Å²) in [4.78, 5) is 15.4. The third kappa shape index (κ3) is 6.22. The van der Waals surface area contributed by atoms with Gasteiger partial charge in [-0.15, -0.1) is 0 Å². The van der Waals surface area contributed by atoms with E-state index in [0.29, 0.717) is 34.3 Å². The van der Waals surface area contributed by atoms with Crippen LogP contribution in [0.25, 0.3) is 5.57 Å². The summed E-state index contributed by atoms with van der Waals surface area (Å²) in [6, 6.07) is 7.98. The minimum atomic E-state index is -0.932. The summed E-state index contributed by atoms with van der Waals surface area (Å²) in [5.41, 5.74) is 4.47. The number of hydrogen-bond donors (Lipinski definition) is 3. The molecular formula is C29H36N8O2. The quantitative estimate of drug-likeness (QED) is 0.296. The summed E-state index contributed by atoms with van der Waals surface area (Å²) in [6.45, 7) is 5.30. The first-order chi connectivity index (χ1) is 18.7. The van der Waals surface area contributed by atoms with E-state index in [1.54, 1.807) is 13.3 Å². The average Bonchev–Trinajstić information content (AvgIpc) is 3.31. The normalized spacial score (nSPS) is 18.6. The molecule has 2 aromatic rings. The molecular weight excluding hydrogens is 492 g/mol. The third-order valence-corrected chi connectivity index (χ3v) is 6.81. The van der Waals surface area contributed by atoms with Crippen LogP contribution in [0, 0.1) is 17.2 Å². The molecule has 1 aromatic carbocycles. The van der Waals surface area contributed by atoms with Gasteiger partial charge in [-0.2, -0.15) is 5.26 Å². The monoisotopic (exact) mass is 528 g/mol. The Morgan fingerprint density at radius 1 is 1.28 bits per heavy atom. The Kier molecular flexibility index (Phi) is 8.54. The van der Waals surface area contributed by atoms with Crippen LogP contribution in [0.15, 0.2) is 67.1 Å². The number of aromatic nitrogens is 2. The van der Waals surface area contributed by atoms with Crippen LogP contribution >= 0.6 is 0 Å². The molecule has 3 N–H and O–H groups in total. The molecule has 0 radical (unpaired) electrons. The van der Waals surface area contributed by atoms with E-state index in [4.69, 9.17) is 9.72 Å². The number of nitriles is 1. The summed E-state index contributed by atoms with van der Waals surface area (Å²) in [5.74, 6) is 1.08. The maximum Gasteiger partial charge on any atom is 0.227 e. The van der Waals surface area contributed by atoms with Gasteiger partial charge in [0.1, 0.15) is 12.0 Å². The van der Waals surface area contributed by atoms with Gasteiger partial charge in [0.2, 0.25) is 5.95 Å². The van der Waals surface area contributed by atoms with Crippen molar-refractivity contribution in [1.29, 1.82) is 5.26 Å². The maximum absolute atomic E-state index is 10.3. The number of benzene rings is 1. The van der Waals surface area contributed by atoms with Crippen LogP contribution in [0.3, 0.4) is 0 Å². The first kappa shape index (κ1) is 27.7. The highest BCUT2D eigenvalue weighted by Gasteiger charge is 2.32. The van der Waals surface area contributed by atoms with Gasteiger partial charge in [-0.1, -0.05) is 18.7 Å². The molecule has 0 saturated heterocycles. The lowest BCUT2D eigenvalue weighted by atomic mass is 9.86. The van der Waals surface area contributed by atoms with Crippen molar-refractivity contribution in [3.05, 3.63) is 72.7 Å². The standard InChI is InChI=1S/C29H36N8O2/c1-7-27(38)32-23-16-24(26(39-6)17-25(23)36(4)13-12-35(2)3)34-29-31-10-8-22(33-29)20-14-19-9-11-37(5)28(19)21(15-20)18-30/h7-11,14-17,19,27-28,32,38H,1,12-13H2,2-6H3,(H,31,33,34). The Hall–Kier alpha value is -4.33. The van der Waals surface area contributed by atoms with Gasteiger partial charge in [-0.05, 0) is 50.2 Å². The SMILES string of the molecule is C=CC(O)Nc1cc(Nc2nccc(C3=CC4C=CN(C)C4C(C#N)=C3)n2)c(OC)cc1N(C)CCN(C)C. The number of ether oxygens (including phenoxy) is 1. The number of anilines is 4. The lowest BCUT2D eigenvalue weighted by Crippen LogP contribution is -2.31. The highest BCUT2D eigenvalue weighted by molar-refractivity contribution is 5.81. The molecule has 1 aliphatic carbocycles. The molecule has 1 aromatic heterocycles. The van der Waals surface area contributed by atoms with Gasteiger partial charge in [0, 0.05) is 45.4 Å². The van der Waals surface area contributed by atoms with Crippen molar-refractivity contribution in [2.75, 3.05) is 63.9 Å². The molecule has 39 heavy (non-hydrogen) atoms. The van der Waals surface area contributed by atoms with Gasteiger partial charge in [0.15, 0.2) is 0 Å². The van der Waals surface area contributed by atoms with Crippen molar-refractivity contribution in [1.82, 2.24) is 19.8 Å². The number of hydrogen-bond acceptors (Lipinski definition) is 10. The van der Waals surface area contributed by atoms with Crippen molar-refractivity contribution < 1.29 is 9.84 Å². The molecule has 10 nitrogen and oxygen atoms in total. The summed E-state index contributed by atoms with van der Waals surface area (Å²) >= 11 is 0. The fraction of sp³-hybridized carbons (Fsp3) is 0.345. The fourth-order valence-corrected chi connectivity index (χ4v) is 4.70. The first-order valence-electron chi connectivity index (χ1n) is 12.7. The summed E-state index contributed by atoms with van der Waals surface area (Å²) < 4.78 is 5.72. The molecule has 0 fully saturated rings. The van der Waals surface area contributed by atoms with Crippen LogP contribution < -0.4 is 20.3 Å². The highest BCUT2D eigenvalue weighted by atomic mass is 16.5. The minimum Gasteiger partial charge on any atom is -0.494 e. The van der Waals surface area contributed by atoms with Gasteiger partial charge >= 0.3 is 0 Å². The summed E-state index contributed by atoms with van der Waals surface area (Å²) in [6.07, 6.45) is 10.3. The lowest BCUT2D eigenvalue weighted by Gasteiger charge is -2.28. The molecule has 4 rings (SSSR count). The molecule has 1 aliphatic heterocycles. The van der Waals surface area contributed by atoms with Gasteiger partial charge in [0.25, 0.3) is 0 Å². The second-order valence-electron chi connectivity index (χ2n) is 9.87. The van der Waals surface area contributed by atoms with Crippen LogP contribution in [0.5, 0.6) is 5.75 Å². The van der Waals surface area contributed by atoms with E-state index in [-0.39, 0.29) is 12.0 Å². The van der Waals surface area contributed by atoms with Crippen LogP contribution in [0.1, 0.15) is 5.69 Å². The summed E-state index contributed by atoms with van der Waals surface area (Å²) in [5, 5.41) is 26.4. The number of nitrogens with one attached hydrogen (secondary N) is 2. The number of fused-ring (bicyclic) bond motifs is 1. The fourth-order valence-electron chi connectivity index (χ4n) is 4.70. The maximum atomic E-state index is 10.3.